The topological polar surface area (TPSA) is 119 Å². The van der Waals surface area contributed by atoms with Gasteiger partial charge in [-0.3, -0.25) is 14.4 Å². The van der Waals surface area contributed by atoms with Crippen molar-refractivity contribution in [1.29, 1.82) is 0 Å². The van der Waals surface area contributed by atoms with Gasteiger partial charge in [-0.2, -0.15) is 0 Å². The molecule has 2 aliphatic heterocycles. The number of nitrogens with one attached hydrogen (secondary N) is 2. The van der Waals surface area contributed by atoms with Gasteiger partial charge in [0.2, 0.25) is 11.8 Å². The number of hydrogen-bond donors (Lipinski definition) is 2. The lowest BCUT2D eigenvalue weighted by Gasteiger charge is -2.35. The summed E-state index contributed by atoms with van der Waals surface area (Å²) in [7, 11) is 0. The summed E-state index contributed by atoms with van der Waals surface area (Å²) in [6.45, 7) is 4.29. The molecule has 2 N–H and O–H groups in total. The summed E-state index contributed by atoms with van der Waals surface area (Å²) in [5.74, 6) is -0.431. The van der Waals surface area contributed by atoms with Crippen molar-refractivity contribution in [3.05, 3.63) is 95.1 Å². The molecule has 2 aliphatic carbocycles. The zero-order valence-corrected chi connectivity index (χ0v) is 32.3. The third-order valence-corrected chi connectivity index (χ3v) is 12.3. The second kappa shape index (κ2) is 16.5. The number of ether oxygens (including phenoxy) is 2. The van der Waals surface area contributed by atoms with Crippen LogP contribution < -0.4 is 10.6 Å². The van der Waals surface area contributed by atoms with E-state index in [1.165, 1.54) is 30.9 Å². The third-order valence-electron chi connectivity index (χ3n) is 12.3. The van der Waals surface area contributed by atoms with Crippen molar-refractivity contribution in [3.8, 4) is 11.3 Å². The summed E-state index contributed by atoms with van der Waals surface area (Å²) in [6, 6.07) is 21.4. The van der Waals surface area contributed by atoms with E-state index in [4.69, 9.17) is 9.47 Å². The molecule has 3 amide bonds. The predicted molar refractivity (Wildman–Crippen MR) is 217 cm³/mol. The summed E-state index contributed by atoms with van der Waals surface area (Å²) in [5, 5.41) is 7.46. The summed E-state index contributed by atoms with van der Waals surface area (Å²) >= 11 is 0. The number of nitrogens with zero attached hydrogens (tertiary/aromatic N) is 2. The molecule has 8 rings (SSSR count). The molecule has 2 saturated carbocycles. The van der Waals surface area contributed by atoms with Crippen LogP contribution in [0.15, 0.2) is 72.8 Å². The molecule has 4 aliphatic rings. The lowest BCUT2D eigenvalue weighted by atomic mass is 9.81. The number of aryl methyl sites for hydroxylation is 1. The van der Waals surface area contributed by atoms with Crippen molar-refractivity contribution in [2.75, 3.05) is 38.2 Å². The molecule has 3 fully saturated rings. The van der Waals surface area contributed by atoms with Crippen LogP contribution in [-0.2, 0) is 30.3 Å². The van der Waals surface area contributed by atoms with Crippen LogP contribution in [0, 0.1) is 0 Å². The molecule has 292 valence electrons. The highest BCUT2D eigenvalue weighted by Crippen LogP contribution is 2.49. The van der Waals surface area contributed by atoms with E-state index in [2.05, 4.69) is 45.5 Å². The molecular formula is C46H52N4O6. The highest BCUT2D eigenvalue weighted by Gasteiger charge is 2.44. The Kier molecular flexibility index (Phi) is 11.1. The van der Waals surface area contributed by atoms with Crippen molar-refractivity contribution < 1.29 is 28.7 Å². The SMILES string of the molecule is CCOC(=O)C=Cc1ccc(NC(=O)C2(NC(=O)c3ccc4c(C5CCCCC5)c(-c5ccccc5)n5c4c3CCC5C(=O)N3CCOCC3)CCCC2)cc1. The maximum Gasteiger partial charge on any atom is 0.330 e. The molecule has 10 nitrogen and oxygen atoms in total. The van der Waals surface area contributed by atoms with Gasteiger partial charge in [0.1, 0.15) is 11.6 Å². The molecule has 3 aromatic carbocycles. The number of aromatic nitrogens is 1. The molecule has 1 saturated heterocycles. The molecule has 1 unspecified atom stereocenters. The van der Waals surface area contributed by atoms with Gasteiger partial charge in [-0.05, 0) is 97.9 Å². The van der Waals surface area contributed by atoms with E-state index >= 15 is 0 Å². The van der Waals surface area contributed by atoms with Crippen LogP contribution in [0.25, 0.3) is 28.2 Å². The fourth-order valence-corrected chi connectivity index (χ4v) is 9.56. The second-order valence-corrected chi connectivity index (χ2v) is 15.7. The molecule has 56 heavy (non-hydrogen) atoms. The van der Waals surface area contributed by atoms with E-state index in [1.807, 2.05) is 29.2 Å². The zero-order valence-electron chi connectivity index (χ0n) is 32.3. The van der Waals surface area contributed by atoms with E-state index in [-0.39, 0.29) is 17.7 Å². The Morgan fingerprint density at radius 1 is 0.875 bits per heavy atom. The van der Waals surface area contributed by atoms with E-state index in [1.54, 1.807) is 25.1 Å². The smallest absolute Gasteiger partial charge is 0.330 e. The number of amides is 3. The summed E-state index contributed by atoms with van der Waals surface area (Å²) in [4.78, 5) is 56.9. The largest absolute Gasteiger partial charge is 0.463 e. The van der Waals surface area contributed by atoms with E-state index in [0.717, 1.165) is 59.0 Å². The van der Waals surface area contributed by atoms with Gasteiger partial charge in [0.15, 0.2) is 0 Å². The molecule has 1 aromatic heterocycles. The average molecular weight is 757 g/mol. The number of esters is 1. The van der Waals surface area contributed by atoms with Crippen LogP contribution in [-0.4, -0.2) is 71.6 Å². The summed E-state index contributed by atoms with van der Waals surface area (Å²) in [6.07, 6.45) is 12.7. The first-order chi connectivity index (χ1) is 27.4. The fourth-order valence-electron chi connectivity index (χ4n) is 9.56. The van der Waals surface area contributed by atoms with Gasteiger partial charge in [0.25, 0.3) is 5.91 Å². The molecule has 0 spiro atoms. The van der Waals surface area contributed by atoms with Crippen molar-refractivity contribution in [2.45, 2.75) is 95.1 Å². The minimum Gasteiger partial charge on any atom is -0.463 e. The number of hydrogen-bond acceptors (Lipinski definition) is 6. The fraction of sp³-hybridized carbons (Fsp3) is 0.435. The number of morpholine rings is 1. The third kappa shape index (κ3) is 7.39. The second-order valence-electron chi connectivity index (χ2n) is 15.7. The zero-order chi connectivity index (χ0) is 38.6. The molecule has 1 atom stereocenters. The van der Waals surface area contributed by atoms with Gasteiger partial charge >= 0.3 is 5.97 Å². The van der Waals surface area contributed by atoms with Crippen LogP contribution >= 0.6 is 0 Å². The Balaban J connectivity index is 1.15. The maximum absolute atomic E-state index is 14.6. The number of carbonyl (C=O) groups excluding carboxylic acids is 4. The minimum atomic E-state index is -1.06. The first-order valence-electron chi connectivity index (χ1n) is 20.6. The van der Waals surface area contributed by atoms with Crippen molar-refractivity contribution in [1.82, 2.24) is 14.8 Å². The number of anilines is 1. The Morgan fingerprint density at radius 2 is 1.61 bits per heavy atom. The summed E-state index contributed by atoms with van der Waals surface area (Å²) < 4.78 is 12.9. The van der Waals surface area contributed by atoms with Gasteiger partial charge in [-0.25, -0.2) is 4.79 Å². The quantitative estimate of drug-likeness (QED) is 0.125. The Hall–Kier alpha value is -5.22. The minimum absolute atomic E-state index is 0.114. The van der Waals surface area contributed by atoms with E-state index < -0.39 is 17.6 Å². The maximum atomic E-state index is 14.6. The average Bonchev–Trinajstić information content (AvgIpc) is 3.86. The van der Waals surface area contributed by atoms with E-state index in [9.17, 15) is 19.2 Å². The van der Waals surface area contributed by atoms with Crippen molar-refractivity contribution >= 4 is 46.4 Å². The normalized spacial score (nSPS) is 19.6. The van der Waals surface area contributed by atoms with Crippen LogP contribution in [0.1, 0.15) is 110 Å². The van der Waals surface area contributed by atoms with Crippen molar-refractivity contribution in [2.24, 2.45) is 0 Å². The Morgan fingerprint density at radius 3 is 2.32 bits per heavy atom. The molecule has 0 radical (unpaired) electrons. The lowest BCUT2D eigenvalue weighted by molar-refractivity contribution is -0.139. The highest BCUT2D eigenvalue weighted by molar-refractivity contribution is 6.08. The van der Waals surface area contributed by atoms with Gasteiger partial charge in [0, 0.05) is 35.8 Å². The van der Waals surface area contributed by atoms with Crippen LogP contribution in [0.2, 0.25) is 0 Å². The number of carbonyl (C=O) groups is 4. The summed E-state index contributed by atoms with van der Waals surface area (Å²) in [5.41, 5.74) is 6.34. The van der Waals surface area contributed by atoms with Crippen LogP contribution in [0.3, 0.4) is 0 Å². The molecule has 4 aromatic rings. The van der Waals surface area contributed by atoms with Gasteiger partial charge in [-0.1, -0.05) is 80.6 Å². The van der Waals surface area contributed by atoms with Crippen LogP contribution in [0.5, 0.6) is 0 Å². The first kappa shape index (κ1) is 37.7. The van der Waals surface area contributed by atoms with Gasteiger partial charge in [-0.15, -0.1) is 0 Å². The lowest BCUT2D eigenvalue weighted by Crippen LogP contribution is -2.55. The molecular weight excluding hydrogens is 705 g/mol. The number of rotatable bonds is 10. The molecule has 3 heterocycles. The molecule has 0 bridgehead atoms. The van der Waals surface area contributed by atoms with Crippen molar-refractivity contribution in [3.63, 3.8) is 0 Å². The predicted octanol–water partition coefficient (Wildman–Crippen LogP) is 7.96. The Labute approximate surface area is 328 Å². The number of benzene rings is 3. The monoisotopic (exact) mass is 756 g/mol. The first-order valence-corrected chi connectivity index (χ1v) is 20.6. The van der Waals surface area contributed by atoms with Crippen LogP contribution in [0.4, 0.5) is 5.69 Å². The Bertz CT molecular complexity index is 2120. The molecule has 10 heteroatoms. The standard InChI is InChI=1S/C46H52N4O6/c1-2-56-39(51)24-17-31-15-18-34(19-16-31)47-45(54)46(25-9-10-26-46)48-43(52)36-20-21-37-40(32-11-5-3-6-12-32)41(33-13-7-4-8-14-33)50-38(23-22-35(36)42(37)50)44(53)49-27-29-55-30-28-49/h4,7-8,13-21,24,32,38H,2-3,5-6,9-12,22-23,25-30H2,1H3,(H,47,54)(H,48,52). The van der Waals surface area contributed by atoms with E-state index in [0.29, 0.717) is 75.8 Å². The van der Waals surface area contributed by atoms with Gasteiger partial charge in [0.05, 0.1) is 31.0 Å². The van der Waals surface area contributed by atoms with Gasteiger partial charge < -0.3 is 29.6 Å². The highest BCUT2D eigenvalue weighted by atomic mass is 16.5.